The molecule has 120 valence electrons. The Labute approximate surface area is 134 Å². The molecule has 3 rings (SSSR count). The van der Waals surface area contributed by atoms with Gasteiger partial charge in [-0.05, 0) is 17.9 Å². The molecule has 0 aliphatic carbocycles. The van der Waals surface area contributed by atoms with E-state index in [0.717, 1.165) is 50.5 Å². The third kappa shape index (κ3) is 3.55. The van der Waals surface area contributed by atoms with E-state index in [0.29, 0.717) is 5.89 Å². The highest BCUT2D eigenvalue weighted by molar-refractivity contribution is 7.08. The van der Waals surface area contributed by atoms with Gasteiger partial charge >= 0.3 is 0 Å². The summed E-state index contributed by atoms with van der Waals surface area (Å²) in [6, 6.07) is 2.28. The van der Waals surface area contributed by atoms with Crippen LogP contribution in [0.25, 0.3) is 11.5 Å². The smallest absolute Gasteiger partial charge is 0.258 e. The van der Waals surface area contributed by atoms with Crippen molar-refractivity contribution in [2.24, 2.45) is 0 Å². The second-order valence-corrected chi connectivity index (χ2v) is 6.36. The van der Waals surface area contributed by atoms with E-state index in [9.17, 15) is 5.11 Å². The SMILES string of the molecule is CCC(CO)N1CCN(Cc2noc(-c3ccsc3)n2)CC1. The first-order valence-corrected chi connectivity index (χ1v) is 8.67. The molecule has 3 heterocycles. The highest BCUT2D eigenvalue weighted by Gasteiger charge is 2.23. The fraction of sp³-hybridized carbons (Fsp3) is 0.600. The minimum atomic E-state index is 0.241. The van der Waals surface area contributed by atoms with Gasteiger partial charge in [-0.1, -0.05) is 12.1 Å². The van der Waals surface area contributed by atoms with Crippen molar-refractivity contribution in [1.29, 1.82) is 0 Å². The van der Waals surface area contributed by atoms with E-state index < -0.39 is 0 Å². The molecule has 6 nitrogen and oxygen atoms in total. The average Bonchev–Trinajstić information content (AvgIpc) is 3.21. The second-order valence-electron chi connectivity index (χ2n) is 5.58. The average molecular weight is 322 g/mol. The maximum Gasteiger partial charge on any atom is 0.258 e. The number of rotatable bonds is 6. The van der Waals surface area contributed by atoms with Crippen LogP contribution in [-0.4, -0.2) is 63.9 Å². The first-order valence-electron chi connectivity index (χ1n) is 7.72. The molecule has 7 heteroatoms. The standard InChI is InChI=1S/C15H22N4O2S/c1-2-13(10-20)19-6-4-18(5-7-19)9-14-16-15(21-17-14)12-3-8-22-11-12/h3,8,11,13,20H,2,4-7,9-10H2,1H3. The van der Waals surface area contributed by atoms with E-state index in [1.807, 2.05) is 16.8 Å². The van der Waals surface area contributed by atoms with Crippen LogP contribution in [0.1, 0.15) is 19.2 Å². The Kier molecular flexibility index (Phi) is 5.20. The van der Waals surface area contributed by atoms with E-state index in [1.165, 1.54) is 0 Å². The number of aliphatic hydroxyl groups excluding tert-OH is 1. The van der Waals surface area contributed by atoms with Gasteiger partial charge in [0.15, 0.2) is 5.82 Å². The molecule has 0 bridgehead atoms. The summed E-state index contributed by atoms with van der Waals surface area (Å²) in [5.41, 5.74) is 0.988. The molecule has 0 amide bonds. The maximum atomic E-state index is 9.39. The molecule has 2 aromatic rings. The van der Waals surface area contributed by atoms with Crippen LogP contribution < -0.4 is 0 Å². The molecule has 1 aliphatic heterocycles. The van der Waals surface area contributed by atoms with Crippen LogP contribution in [0.5, 0.6) is 0 Å². The van der Waals surface area contributed by atoms with Crippen molar-refractivity contribution in [3.8, 4) is 11.5 Å². The van der Waals surface area contributed by atoms with Crippen LogP contribution in [0.15, 0.2) is 21.3 Å². The van der Waals surface area contributed by atoms with E-state index in [2.05, 4.69) is 26.9 Å². The predicted molar refractivity (Wildman–Crippen MR) is 85.6 cm³/mol. The summed E-state index contributed by atoms with van der Waals surface area (Å²) < 4.78 is 5.32. The molecule has 0 aromatic carbocycles. The topological polar surface area (TPSA) is 65.6 Å². The van der Waals surface area contributed by atoms with Crippen molar-refractivity contribution in [3.05, 3.63) is 22.7 Å². The Balaban J connectivity index is 1.53. The summed E-state index contributed by atoms with van der Waals surface area (Å²) in [6.45, 7) is 6.99. The van der Waals surface area contributed by atoms with Crippen LogP contribution in [0.2, 0.25) is 0 Å². The van der Waals surface area contributed by atoms with Crippen LogP contribution in [0, 0.1) is 0 Å². The zero-order valence-corrected chi connectivity index (χ0v) is 13.6. The van der Waals surface area contributed by atoms with Gasteiger partial charge in [-0.2, -0.15) is 16.3 Å². The number of thiophene rings is 1. The lowest BCUT2D eigenvalue weighted by Crippen LogP contribution is -2.50. The molecule has 1 saturated heterocycles. The summed E-state index contributed by atoms with van der Waals surface area (Å²) >= 11 is 1.62. The van der Waals surface area contributed by atoms with E-state index >= 15 is 0 Å². The van der Waals surface area contributed by atoms with Gasteiger partial charge in [-0.25, -0.2) is 0 Å². The Bertz CT molecular complexity index is 560. The number of nitrogens with zero attached hydrogens (tertiary/aromatic N) is 4. The molecule has 1 aliphatic rings. The van der Waals surface area contributed by atoms with Crippen LogP contribution in [0.4, 0.5) is 0 Å². The molecular formula is C15H22N4O2S. The Hall–Kier alpha value is -1.28. The van der Waals surface area contributed by atoms with Crippen molar-refractivity contribution in [3.63, 3.8) is 0 Å². The molecule has 0 saturated carbocycles. The second kappa shape index (κ2) is 7.32. The van der Waals surface area contributed by atoms with Crippen molar-refractivity contribution >= 4 is 11.3 Å². The molecule has 0 spiro atoms. The van der Waals surface area contributed by atoms with Crippen molar-refractivity contribution in [2.45, 2.75) is 25.9 Å². The largest absolute Gasteiger partial charge is 0.395 e. The van der Waals surface area contributed by atoms with Gasteiger partial charge in [0.1, 0.15) is 0 Å². The lowest BCUT2D eigenvalue weighted by molar-refractivity contribution is 0.0596. The molecular weight excluding hydrogens is 300 g/mol. The number of hydrogen-bond donors (Lipinski definition) is 1. The fourth-order valence-corrected chi connectivity index (χ4v) is 3.44. The van der Waals surface area contributed by atoms with Crippen LogP contribution in [-0.2, 0) is 6.54 Å². The lowest BCUT2D eigenvalue weighted by Gasteiger charge is -2.37. The van der Waals surface area contributed by atoms with Gasteiger partial charge in [0.25, 0.3) is 5.89 Å². The third-order valence-electron chi connectivity index (χ3n) is 4.21. The first-order chi connectivity index (χ1) is 10.8. The maximum absolute atomic E-state index is 9.39. The highest BCUT2D eigenvalue weighted by Crippen LogP contribution is 2.20. The summed E-state index contributed by atoms with van der Waals surface area (Å²) in [4.78, 5) is 9.17. The van der Waals surface area contributed by atoms with Gasteiger partial charge in [0.2, 0.25) is 0 Å². The summed E-state index contributed by atoms with van der Waals surface area (Å²) in [5, 5.41) is 17.5. The number of hydrogen-bond acceptors (Lipinski definition) is 7. The fourth-order valence-electron chi connectivity index (χ4n) is 2.81. The normalized spacial score (nSPS) is 18.6. The Morgan fingerprint density at radius 2 is 2.18 bits per heavy atom. The van der Waals surface area contributed by atoms with Gasteiger partial charge in [0, 0.05) is 37.6 Å². The Morgan fingerprint density at radius 3 is 2.82 bits per heavy atom. The van der Waals surface area contributed by atoms with Crippen LogP contribution >= 0.6 is 11.3 Å². The molecule has 0 radical (unpaired) electrons. The van der Waals surface area contributed by atoms with Crippen LogP contribution in [0.3, 0.4) is 0 Å². The van der Waals surface area contributed by atoms with Crippen molar-refractivity contribution in [1.82, 2.24) is 19.9 Å². The molecule has 22 heavy (non-hydrogen) atoms. The third-order valence-corrected chi connectivity index (χ3v) is 4.89. The summed E-state index contributed by atoms with van der Waals surface area (Å²) in [6.07, 6.45) is 0.991. The van der Waals surface area contributed by atoms with E-state index in [4.69, 9.17) is 4.52 Å². The van der Waals surface area contributed by atoms with Gasteiger partial charge in [0.05, 0.1) is 18.7 Å². The lowest BCUT2D eigenvalue weighted by atomic mass is 10.1. The Morgan fingerprint density at radius 1 is 1.36 bits per heavy atom. The van der Waals surface area contributed by atoms with E-state index in [1.54, 1.807) is 11.3 Å². The minimum Gasteiger partial charge on any atom is -0.395 e. The summed E-state index contributed by atoms with van der Waals surface area (Å²) in [7, 11) is 0. The monoisotopic (exact) mass is 322 g/mol. The zero-order valence-electron chi connectivity index (χ0n) is 12.8. The molecule has 2 aromatic heterocycles. The predicted octanol–water partition coefficient (Wildman–Crippen LogP) is 1.69. The molecule has 1 fully saturated rings. The number of aliphatic hydroxyl groups is 1. The quantitative estimate of drug-likeness (QED) is 0.873. The van der Waals surface area contributed by atoms with Crippen molar-refractivity contribution in [2.75, 3.05) is 32.8 Å². The molecule has 1 unspecified atom stereocenters. The van der Waals surface area contributed by atoms with E-state index in [-0.39, 0.29) is 12.6 Å². The summed E-state index contributed by atoms with van der Waals surface area (Å²) in [5.74, 6) is 1.34. The van der Waals surface area contributed by atoms with Gasteiger partial charge in [-0.15, -0.1) is 0 Å². The first kappa shape index (κ1) is 15.6. The van der Waals surface area contributed by atoms with Gasteiger partial charge in [-0.3, -0.25) is 9.80 Å². The minimum absolute atomic E-state index is 0.241. The zero-order chi connectivity index (χ0) is 15.4. The van der Waals surface area contributed by atoms with Gasteiger partial charge < -0.3 is 9.63 Å². The number of aromatic nitrogens is 2. The molecule has 1 N–H and O–H groups in total. The highest BCUT2D eigenvalue weighted by atomic mass is 32.1. The number of piperazine rings is 1. The van der Waals surface area contributed by atoms with Crippen molar-refractivity contribution < 1.29 is 9.63 Å². The molecule has 1 atom stereocenters.